The van der Waals surface area contributed by atoms with E-state index in [1.807, 2.05) is 17.0 Å². The number of halogens is 1. The molecule has 1 aromatic carbocycles. The molecule has 0 aliphatic carbocycles. The maximum atomic E-state index is 12.6. The number of hydrogen-bond acceptors (Lipinski definition) is 4. The number of benzene rings is 1. The maximum absolute atomic E-state index is 12.6. The van der Waals surface area contributed by atoms with E-state index in [1.54, 1.807) is 12.1 Å². The molecule has 2 aromatic rings. The highest BCUT2D eigenvalue weighted by molar-refractivity contribution is 6.30. The Morgan fingerprint density at radius 1 is 1.31 bits per heavy atom. The van der Waals surface area contributed by atoms with Crippen LogP contribution in [0, 0.1) is 11.3 Å². The van der Waals surface area contributed by atoms with Crippen molar-refractivity contribution in [2.24, 2.45) is 11.3 Å². The highest BCUT2D eigenvalue weighted by atomic mass is 35.5. The first-order valence-electron chi connectivity index (χ1n) is 9.00. The normalized spacial score (nSPS) is 11.8. The lowest BCUT2D eigenvalue weighted by atomic mass is 9.91. The van der Waals surface area contributed by atoms with Gasteiger partial charge in [-0.3, -0.25) is 4.79 Å². The molecule has 0 aliphatic heterocycles. The van der Waals surface area contributed by atoms with Gasteiger partial charge < -0.3 is 9.42 Å². The summed E-state index contributed by atoms with van der Waals surface area (Å²) in [6, 6.07) is 7.34. The number of amides is 1. The number of hydrogen-bond donors (Lipinski definition) is 0. The first-order chi connectivity index (χ1) is 12.1. The van der Waals surface area contributed by atoms with Crippen molar-refractivity contribution >= 4 is 17.5 Å². The van der Waals surface area contributed by atoms with Crippen LogP contribution in [0.15, 0.2) is 28.8 Å². The van der Waals surface area contributed by atoms with Crippen molar-refractivity contribution in [3.8, 4) is 11.4 Å². The van der Waals surface area contributed by atoms with Gasteiger partial charge in [-0.15, -0.1) is 0 Å². The average molecular weight is 378 g/mol. The minimum atomic E-state index is -0.0312. The molecule has 1 aromatic heterocycles. The van der Waals surface area contributed by atoms with Gasteiger partial charge in [0.1, 0.15) is 0 Å². The lowest BCUT2D eigenvalue weighted by Gasteiger charge is -2.27. The lowest BCUT2D eigenvalue weighted by Crippen LogP contribution is -2.37. The second-order valence-electron chi connectivity index (χ2n) is 8.24. The average Bonchev–Trinajstić information content (AvgIpc) is 2.98. The van der Waals surface area contributed by atoms with E-state index >= 15 is 0 Å². The van der Waals surface area contributed by atoms with Crippen LogP contribution in [0.1, 0.15) is 46.9 Å². The van der Waals surface area contributed by atoms with Gasteiger partial charge in [-0.05, 0) is 23.5 Å². The van der Waals surface area contributed by atoms with Crippen LogP contribution in [0.5, 0.6) is 0 Å². The molecule has 0 saturated carbocycles. The predicted octanol–water partition coefficient (Wildman–Crippen LogP) is 4.85. The number of carbonyl (C=O) groups is 1. The summed E-state index contributed by atoms with van der Waals surface area (Å²) in [5, 5.41) is 4.65. The third-order valence-electron chi connectivity index (χ3n) is 3.77. The molecule has 0 radical (unpaired) electrons. The summed E-state index contributed by atoms with van der Waals surface area (Å²) < 4.78 is 5.35. The molecule has 0 spiro atoms. The van der Waals surface area contributed by atoms with Crippen LogP contribution < -0.4 is 0 Å². The molecule has 0 unspecified atom stereocenters. The van der Waals surface area contributed by atoms with Crippen LogP contribution in [0.3, 0.4) is 0 Å². The van der Waals surface area contributed by atoms with Crippen LogP contribution in [0.25, 0.3) is 11.4 Å². The molecule has 6 heteroatoms. The van der Waals surface area contributed by atoms with Crippen molar-refractivity contribution in [3.05, 3.63) is 35.2 Å². The first kappa shape index (κ1) is 20.4. The van der Waals surface area contributed by atoms with Crippen LogP contribution in [-0.2, 0) is 11.2 Å². The second kappa shape index (κ2) is 8.67. The number of carbonyl (C=O) groups excluding carboxylic acids is 1. The summed E-state index contributed by atoms with van der Waals surface area (Å²) in [6.07, 6.45) is 1.06. The Balaban J connectivity index is 2.03. The summed E-state index contributed by atoms with van der Waals surface area (Å²) in [4.78, 5) is 19.0. The fourth-order valence-corrected chi connectivity index (χ4v) is 2.85. The van der Waals surface area contributed by atoms with Crippen LogP contribution >= 0.6 is 11.6 Å². The Labute approximate surface area is 160 Å². The highest BCUT2D eigenvalue weighted by Gasteiger charge is 2.22. The summed E-state index contributed by atoms with van der Waals surface area (Å²) in [5.41, 5.74) is 0.784. The van der Waals surface area contributed by atoms with E-state index < -0.39 is 0 Å². The van der Waals surface area contributed by atoms with Crippen LogP contribution in [0.4, 0.5) is 0 Å². The first-order valence-corrected chi connectivity index (χ1v) is 9.38. The summed E-state index contributed by atoms with van der Waals surface area (Å²) in [5.74, 6) is 1.61. The molecular formula is C20H28ClN3O2. The van der Waals surface area contributed by atoms with Crippen molar-refractivity contribution in [2.45, 2.75) is 47.5 Å². The molecule has 0 atom stereocenters. The van der Waals surface area contributed by atoms with Crippen LogP contribution in [0.2, 0.25) is 5.02 Å². The van der Waals surface area contributed by atoms with Gasteiger partial charge in [0.15, 0.2) is 0 Å². The molecule has 142 valence electrons. The Kier molecular flexibility index (Phi) is 6.81. The monoisotopic (exact) mass is 377 g/mol. The molecular weight excluding hydrogens is 350 g/mol. The molecule has 26 heavy (non-hydrogen) atoms. The zero-order valence-corrected chi connectivity index (χ0v) is 17.0. The van der Waals surface area contributed by atoms with Crippen molar-refractivity contribution < 1.29 is 9.32 Å². The third kappa shape index (κ3) is 6.45. The van der Waals surface area contributed by atoms with E-state index in [0.29, 0.717) is 42.0 Å². The van der Waals surface area contributed by atoms with E-state index in [1.165, 1.54) is 0 Å². The van der Waals surface area contributed by atoms with E-state index in [9.17, 15) is 4.79 Å². The fraction of sp³-hybridized carbons (Fsp3) is 0.550. The van der Waals surface area contributed by atoms with Gasteiger partial charge in [0.05, 0.1) is 0 Å². The van der Waals surface area contributed by atoms with Gasteiger partial charge in [0, 0.05) is 36.5 Å². The van der Waals surface area contributed by atoms with E-state index in [4.69, 9.17) is 16.1 Å². The molecule has 0 saturated heterocycles. The lowest BCUT2D eigenvalue weighted by molar-refractivity contribution is -0.133. The van der Waals surface area contributed by atoms with E-state index in [-0.39, 0.29) is 11.3 Å². The van der Waals surface area contributed by atoms with Crippen molar-refractivity contribution in [2.75, 3.05) is 13.1 Å². The number of nitrogens with zero attached hydrogens (tertiary/aromatic N) is 3. The van der Waals surface area contributed by atoms with Gasteiger partial charge in [-0.1, -0.05) is 63.5 Å². The molecule has 1 heterocycles. The highest BCUT2D eigenvalue weighted by Crippen LogP contribution is 2.22. The minimum absolute atomic E-state index is 0.0312. The quantitative estimate of drug-likeness (QED) is 0.691. The fourth-order valence-electron chi connectivity index (χ4n) is 2.66. The summed E-state index contributed by atoms with van der Waals surface area (Å²) in [7, 11) is 0. The standard InChI is InChI=1S/C20H28ClN3O2/c1-14(2)13-24(18(25)12-20(3,4)5)10-9-17-22-19(23-26-17)15-7-6-8-16(21)11-15/h6-8,11,14H,9-10,12-13H2,1-5H3. The van der Waals surface area contributed by atoms with Gasteiger partial charge in [-0.2, -0.15) is 4.98 Å². The topological polar surface area (TPSA) is 59.2 Å². The molecule has 2 rings (SSSR count). The maximum Gasteiger partial charge on any atom is 0.228 e. The van der Waals surface area contributed by atoms with Gasteiger partial charge >= 0.3 is 0 Å². The Morgan fingerprint density at radius 3 is 2.65 bits per heavy atom. The largest absolute Gasteiger partial charge is 0.342 e. The molecule has 0 aliphatic rings. The van der Waals surface area contributed by atoms with Crippen molar-refractivity contribution in [3.63, 3.8) is 0 Å². The number of rotatable bonds is 7. The Hall–Kier alpha value is -1.88. The number of aromatic nitrogens is 2. The minimum Gasteiger partial charge on any atom is -0.342 e. The SMILES string of the molecule is CC(C)CN(CCc1nc(-c2cccc(Cl)c2)no1)C(=O)CC(C)(C)C. The summed E-state index contributed by atoms with van der Waals surface area (Å²) >= 11 is 6.01. The molecule has 1 amide bonds. The second-order valence-corrected chi connectivity index (χ2v) is 8.68. The predicted molar refractivity (Wildman–Crippen MR) is 104 cm³/mol. The molecule has 0 bridgehead atoms. The summed E-state index contributed by atoms with van der Waals surface area (Å²) in [6.45, 7) is 11.8. The van der Waals surface area contributed by atoms with E-state index in [0.717, 1.165) is 12.1 Å². The molecule has 5 nitrogen and oxygen atoms in total. The zero-order chi connectivity index (χ0) is 19.3. The van der Waals surface area contributed by atoms with Crippen molar-refractivity contribution in [1.29, 1.82) is 0 Å². The van der Waals surface area contributed by atoms with Gasteiger partial charge in [0.25, 0.3) is 0 Å². The zero-order valence-electron chi connectivity index (χ0n) is 16.3. The molecule has 0 fully saturated rings. The smallest absolute Gasteiger partial charge is 0.228 e. The van der Waals surface area contributed by atoms with Crippen LogP contribution in [-0.4, -0.2) is 34.0 Å². The van der Waals surface area contributed by atoms with Gasteiger partial charge in [-0.25, -0.2) is 0 Å². The van der Waals surface area contributed by atoms with E-state index in [2.05, 4.69) is 44.8 Å². The van der Waals surface area contributed by atoms with Gasteiger partial charge in [0.2, 0.25) is 17.6 Å². The van der Waals surface area contributed by atoms with Crippen molar-refractivity contribution in [1.82, 2.24) is 15.0 Å². The molecule has 0 N–H and O–H groups in total. The Bertz CT molecular complexity index is 735. The Morgan fingerprint density at radius 2 is 2.04 bits per heavy atom. The third-order valence-corrected chi connectivity index (χ3v) is 4.00.